The van der Waals surface area contributed by atoms with Crippen molar-refractivity contribution in [1.82, 2.24) is 20.2 Å². The third kappa shape index (κ3) is 2.73. The Bertz CT molecular complexity index is 513. The molecule has 2 aromatic heterocycles. The number of aryl methyl sites for hydroxylation is 1. The number of hydrogen-bond donors (Lipinski definition) is 1. The molecule has 0 atom stereocenters. The summed E-state index contributed by atoms with van der Waals surface area (Å²) < 4.78 is 5.30. The smallest absolute Gasteiger partial charge is 0.282 e. The summed E-state index contributed by atoms with van der Waals surface area (Å²) >= 11 is 1.34. The van der Waals surface area contributed by atoms with Crippen LogP contribution in [0.1, 0.15) is 18.4 Å². The molecule has 6 nitrogen and oxygen atoms in total. The van der Waals surface area contributed by atoms with E-state index in [0.717, 1.165) is 23.0 Å². The van der Waals surface area contributed by atoms with E-state index in [1.807, 2.05) is 13.8 Å². The molecule has 17 heavy (non-hydrogen) atoms. The average molecular weight is 251 g/mol. The van der Waals surface area contributed by atoms with Gasteiger partial charge in [0.2, 0.25) is 5.89 Å². The maximum absolute atomic E-state index is 5.30. The van der Waals surface area contributed by atoms with Gasteiger partial charge in [-0.05, 0) is 25.6 Å². The normalized spacial score (nSPS) is 10.5. The van der Waals surface area contributed by atoms with Crippen LogP contribution in [0.2, 0.25) is 0 Å². The van der Waals surface area contributed by atoms with E-state index in [2.05, 4.69) is 25.5 Å². The van der Waals surface area contributed by atoms with Crippen LogP contribution in [-0.4, -0.2) is 26.7 Å². The van der Waals surface area contributed by atoms with Gasteiger partial charge in [-0.1, -0.05) is 0 Å². The van der Waals surface area contributed by atoms with Gasteiger partial charge in [0.1, 0.15) is 17.2 Å². The fourth-order valence-corrected chi connectivity index (χ4v) is 2.04. The SMILES string of the molecule is CCNc1ncnc(Sc2nnc(C)o2)c1C. The van der Waals surface area contributed by atoms with Gasteiger partial charge in [0.25, 0.3) is 5.22 Å². The number of aromatic nitrogens is 4. The van der Waals surface area contributed by atoms with E-state index in [1.165, 1.54) is 18.1 Å². The summed E-state index contributed by atoms with van der Waals surface area (Å²) in [7, 11) is 0. The molecule has 0 aliphatic carbocycles. The molecule has 7 heteroatoms. The quantitative estimate of drug-likeness (QED) is 0.833. The third-order valence-corrected chi connectivity index (χ3v) is 3.02. The second-order valence-electron chi connectivity index (χ2n) is 3.37. The van der Waals surface area contributed by atoms with Crippen LogP contribution in [0.25, 0.3) is 0 Å². The van der Waals surface area contributed by atoms with E-state index < -0.39 is 0 Å². The van der Waals surface area contributed by atoms with Crippen LogP contribution in [0.3, 0.4) is 0 Å². The lowest BCUT2D eigenvalue weighted by Crippen LogP contribution is -2.03. The molecule has 0 saturated heterocycles. The minimum absolute atomic E-state index is 0.492. The topological polar surface area (TPSA) is 76.7 Å². The van der Waals surface area contributed by atoms with Crippen molar-refractivity contribution in [3.63, 3.8) is 0 Å². The zero-order valence-electron chi connectivity index (χ0n) is 9.89. The van der Waals surface area contributed by atoms with Crippen molar-refractivity contribution in [3.8, 4) is 0 Å². The van der Waals surface area contributed by atoms with Crippen molar-refractivity contribution in [1.29, 1.82) is 0 Å². The molecule has 1 N–H and O–H groups in total. The number of nitrogens with one attached hydrogen (secondary N) is 1. The maximum Gasteiger partial charge on any atom is 0.282 e. The van der Waals surface area contributed by atoms with Crippen molar-refractivity contribution < 1.29 is 4.42 Å². The van der Waals surface area contributed by atoms with Gasteiger partial charge in [0.15, 0.2) is 0 Å². The van der Waals surface area contributed by atoms with E-state index in [-0.39, 0.29) is 0 Å². The van der Waals surface area contributed by atoms with Crippen molar-refractivity contribution in [3.05, 3.63) is 17.8 Å². The summed E-state index contributed by atoms with van der Waals surface area (Å²) in [5, 5.41) is 12.2. The molecule has 0 aliphatic rings. The largest absolute Gasteiger partial charge is 0.416 e. The lowest BCUT2D eigenvalue weighted by molar-refractivity contribution is 0.429. The van der Waals surface area contributed by atoms with Gasteiger partial charge in [-0.3, -0.25) is 0 Å². The van der Waals surface area contributed by atoms with Crippen LogP contribution in [0, 0.1) is 13.8 Å². The number of rotatable bonds is 4. The van der Waals surface area contributed by atoms with Crippen LogP contribution < -0.4 is 5.32 Å². The molecule has 0 unspecified atom stereocenters. The molecular weight excluding hydrogens is 238 g/mol. The van der Waals surface area contributed by atoms with Crippen LogP contribution in [0.4, 0.5) is 5.82 Å². The molecule has 0 aromatic carbocycles. The first-order valence-corrected chi connectivity index (χ1v) is 6.05. The average Bonchev–Trinajstić information content (AvgIpc) is 2.70. The van der Waals surface area contributed by atoms with E-state index in [0.29, 0.717) is 11.1 Å². The fourth-order valence-electron chi connectivity index (χ4n) is 1.28. The Morgan fingerprint density at radius 3 is 2.76 bits per heavy atom. The van der Waals surface area contributed by atoms with Gasteiger partial charge < -0.3 is 9.73 Å². The Labute approximate surface area is 103 Å². The van der Waals surface area contributed by atoms with Crippen LogP contribution in [-0.2, 0) is 0 Å². The third-order valence-electron chi connectivity index (χ3n) is 2.07. The van der Waals surface area contributed by atoms with Gasteiger partial charge in [-0.15, -0.1) is 10.2 Å². The van der Waals surface area contributed by atoms with Gasteiger partial charge in [-0.2, -0.15) is 0 Å². The van der Waals surface area contributed by atoms with Gasteiger partial charge in [-0.25, -0.2) is 9.97 Å². The molecule has 2 rings (SSSR count). The fraction of sp³-hybridized carbons (Fsp3) is 0.400. The minimum Gasteiger partial charge on any atom is -0.416 e. The van der Waals surface area contributed by atoms with Crippen LogP contribution in [0.5, 0.6) is 0 Å². The van der Waals surface area contributed by atoms with E-state index in [9.17, 15) is 0 Å². The predicted molar refractivity (Wildman–Crippen MR) is 64.1 cm³/mol. The van der Waals surface area contributed by atoms with Gasteiger partial charge in [0, 0.05) is 19.0 Å². The zero-order valence-corrected chi connectivity index (χ0v) is 10.7. The molecule has 2 heterocycles. The Hall–Kier alpha value is -1.63. The summed E-state index contributed by atoms with van der Waals surface area (Å²) in [4.78, 5) is 8.38. The highest BCUT2D eigenvalue weighted by Gasteiger charge is 2.11. The first-order valence-electron chi connectivity index (χ1n) is 5.24. The van der Waals surface area contributed by atoms with Crippen LogP contribution >= 0.6 is 11.8 Å². The molecule has 0 amide bonds. The molecular formula is C10H13N5OS. The standard InChI is InChI=1S/C10H13N5OS/c1-4-11-8-6(2)9(13-5-12-8)17-10-15-14-7(3)16-10/h5H,4H2,1-3H3,(H,11,12,13). The highest BCUT2D eigenvalue weighted by Crippen LogP contribution is 2.29. The molecule has 0 radical (unpaired) electrons. The summed E-state index contributed by atoms with van der Waals surface area (Å²) in [6.45, 7) is 6.56. The Morgan fingerprint density at radius 1 is 1.29 bits per heavy atom. The molecule has 0 spiro atoms. The number of nitrogens with zero attached hydrogens (tertiary/aromatic N) is 4. The van der Waals surface area contributed by atoms with E-state index in [1.54, 1.807) is 6.92 Å². The first kappa shape index (κ1) is 11.8. The van der Waals surface area contributed by atoms with Crippen molar-refractivity contribution in [2.24, 2.45) is 0 Å². The second kappa shape index (κ2) is 5.13. The number of hydrogen-bond acceptors (Lipinski definition) is 7. The lowest BCUT2D eigenvalue weighted by atomic mass is 10.3. The summed E-state index contributed by atoms with van der Waals surface area (Å²) in [6, 6.07) is 0. The predicted octanol–water partition coefficient (Wildman–Crippen LogP) is 2.06. The van der Waals surface area contributed by atoms with Crippen molar-refractivity contribution >= 4 is 17.6 Å². The second-order valence-corrected chi connectivity index (χ2v) is 4.31. The van der Waals surface area contributed by atoms with Crippen LogP contribution in [0.15, 0.2) is 21.0 Å². The molecule has 2 aromatic rings. The molecule has 0 saturated carbocycles. The van der Waals surface area contributed by atoms with Gasteiger partial charge >= 0.3 is 0 Å². The van der Waals surface area contributed by atoms with Gasteiger partial charge in [0.05, 0.1) is 0 Å². The minimum atomic E-state index is 0.492. The summed E-state index contributed by atoms with van der Waals surface area (Å²) in [5.74, 6) is 1.38. The Morgan fingerprint density at radius 2 is 2.12 bits per heavy atom. The molecule has 0 fully saturated rings. The maximum atomic E-state index is 5.30. The Kier molecular flexibility index (Phi) is 3.58. The van der Waals surface area contributed by atoms with E-state index >= 15 is 0 Å². The molecule has 0 aliphatic heterocycles. The lowest BCUT2D eigenvalue weighted by Gasteiger charge is -2.07. The zero-order chi connectivity index (χ0) is 12.3. The van der Waals surface area contributed by atoms with E-state index in [4.69, 9.17) is 4.42 Å². The summed E-state index contributed by atoms with van der Waals surface area (Å²) in [5.41, 5.74) is 0.982. The van der Waals surface area contributed by atoms with Crippen molar-refractivity contribution in [2.45, 2.75) is 31.0 Å². The van der Waals surface area contributed by atoms with Crippen molar-refractivity contribution in [2.75, 3.05) is 11.9 Å². The molecule has 90 valence electrons. The summed E-state index contributed by atoms with van der Waals surface area (Å²) in [6.07, 6.45) is 1.52. The first-order chi connectivity index (χ1) is 8.20. The highest BCUT2D eigenvalue weighted by molar-refractivity contribution is 7.99. The number of anilines is 1. The highest BCUT2D eigenvalue weighted by atomic mass is 32.2. The Balaban J connectivity index is 2.23. The monoisotopic (exact) mass is 251 g/mol. The molecule has 0 bridgehead atoms.